The highest BCUT2D eigenvalue weighted by molar-refractivity contribution is 6.03. The van der Waals surface area contributed by atoms with Crippen molar-refractivity contribution in [3.05, 3.63) is 34.9 Å². The minimum atomic E-state index is -0.639. The molecule has 0 bridgehead atoms. The fourth-order valence-corrected chi connectivity index (χ4v) is 2.02. The third-order valence-corrected chi connectivity index (χ3v) is 3.12. The molecule has 134 valence electrons. The summed E-state index contributed by atoms with van der Waals surface area (Å²) in [7, 11) is 0. The van der Waals surface area contributed by atoms with Crippen LogP contribution in [-0.2, 0) is 14.9 Å². The molecule has 1 aromatic carbocycles. The summed E-state index contributed by atoms with van der Waals surface area (Å²) in [4.78, 5) is 25.1. The van der Waals surface area contributed by atoms with Gasteiger partial charge in [0.15, 0.2) is 0 Å². The molecule has 4 nitrogen and oxygen atoms in total. The SMILES string of the molecule is CC(C)(C)OC(=O)c1ccc(C(C)(C)C)cc1C(=O)OC(C)(C)C. The molecule has 24 heavy (non-hydrogen) atoms. The van der Waals surface area contributed by atoms with Gasteiger partial charge in [-0.25, -0.2) is 9.59 Å². The van der Waals surface area contributed by atoms with Crippen molar-refractivity contribution < 1.29 is 19.1 Å². The fourth-order valence-electron chi connectivity index (χ4n) is 2.02. The van der Waals surface area contributed by atoms with Crippen LogP contribution in [0.1, 0.15) is 88.6 Å². The van der Waals surface area contributed by atoms with Crippen LogP contribution in [0, 0.1) is 0 Å². The first kappa shape index (κ1) is 20.2. The van der Waals surface area contributed by atoms with Crippen LogP contribution in [0.3, 0.4) is 0 Å². The number of carbonyl (C=O) groups is 2. The summed E-state index contributed by atoms with van der Waals surface area (Å²) in [6.07, 6.45) is 0. The smallest absolute Gasteiger partial charge is 0.339 e. The number of ether oxygens (including phenoxy) is 2. The van der Waals surface area contributed by atoms with Crippen molar-refractivity contribution in [2.24, 2.45) is 0 Å². The summed E-state index contributed by atoms with van der Waals surface area (Å²) in [5.41, 5.74) is 0.00302. The monoisotopic (exact) mass is 334 g/mol. The second-order valence-electron chi connectivity index (χ2n) is 9.01. The van der Waals surface area contributed by atoms with E-state index in [1.807, 2.05) is 26.8 Å². The van der Waals surface area contributed by atoms with Crippen molar-refractivity contribution in [1.29, 1.82) is 0 Å². The van der Waals surface area contributed by atoms with Crippen LogP contribution < -0.4 is 0 Å². The van der Waals surface area contributed by atoms with E-state index in [-0.39, 0.29) is 16.5 Å². The van der Waals surface area contributed by atoms with Gasteiger partial charge in [0.2, 0.25) is 0 Å². The summed E-state index contributed by atoms with van der Waals surface area (Å²) < 4.78 is 10.9. The van der Waals surface area contributed by atoms with Gasteiger partial charge in [0.1, 0.15) is 11.2 Å². The molecule has 0 unspecified atom stereocenters. The topological polar surface area (TPSA) is 52.6 Å². The van der Waals surface area contributed by atoms with Gasteiger partial charge in [-0.3, -0.25) is 0 Å². The van der Waals surface area contributed by atoms with Crippen molar-refractivity contribution in [3.8, 4) is 0 Å². The maximum absolute atomic E-state index is 12.6. The molecule has 0 N–H and O–H groups in total. The molecular weight excluding hydrogens is 304 g/mol. The van der Waals surface area contributed by atoms with Crippen LogP contribution in [0.4, 0.5) is 0 Å². The summed E-state index contributed by atoms with van der Waals surface area (Å²) in [6, 6.07) is 5.23. The Bertz CT molecular complexity index is 623. The van der Waals surface area contributed by atoms with Crippen molar-refractivity contribution >= 4 is 11.9 Å². The zero-order valence-corrected chi connectivity index (χ0v) is 16.4. The molecule has 0 amide bonds. The second kappa shape index (κ2) is 6.58. The Morgan fingerprint density at radius 2 is 1.12 bits per heavy atom. The van der Waals surface area contributed by atoms with E-state index >= 15 is 0 Å². The van der Waals surface area contributed by atoms with Gasteiger partial charge in [0, 0.05) is 0 Å². The van der Waals surface area contributed by atoms with E-state index in [1.54, 1.807) is 53.7 Å². The molecule has 4 heteroatoms. The molecule has 0 saturated carbocycles. The van der Waals surface area contributed by atoms with Gasteiger partial charge in [-0.2, -0.15) is 0 Å². The van der Waals surface area contributed by atoms with Gasteiger partial charge < -0.3 is 9.47 Å². The van der Waals surface area contributed by atoms with E-state index < -0.39 is 23.1 Å². The van der Waals surface area contributed by atoms with E-state index in [1.165, 1.54) is 0 Å². The first-order valence-electron chi connectivity index (χ1n) is 8.21. The third-order valence-electron chi connectivity index (χ3n) is 3.12. The first-order chi connectivity index (χ1) is 10.6. The Labute approximate surface area is 145 Å². The lowest BCUT2D eigenvalue weighted by molar-refractivity contribution is 0.00185. The summed E-state index contributed by atoms with van der Waals surface area (Å²) in [6.45, 7) is 16.9. The van der Waals surface area contributed by atoms with E-state index in [0.717, 1.165) is 5.56 Å². The van der Waals surface area contributed by atoms with Crippen LogP contribution in [0.15, 0.2) is 18.2 Å². The van der Waals surface area contributed by atoms with E-state index in [9.17, 15) is 9.59 Å². The lowest BCUT2D eigenvalue weighted by atomic mass is 9.85. The molecule has 0 aromatic heterocycles. The Balaban J connectivity index is 3.38. The summed E-state index contributed by atoms with van der Waals surface area (Å²) in [5.74, 6) is -1.04. The van der Waals surface area contributed by atoms with Crippen LogP contribution in [0.5, 0.6) is 0 Å². The van der Waals surface area contributed by atoms with E-state index in [4.69, 9.17) is 9.47 Å². The van der Waals surface area contributed by atoms with Crippen LogP contribution >= 0.6 is 0 Å². The van der Waals surface area contributed by atoms with Crippen LogP contribution in [0.25, 0.3) is 0 Å². The largest absolute Gasteiger partial charge is 0.456 e. The third kappa shape index (κ3) is 5.99. The number of rotatable bonds is 2. The Morgan fingerprint density at radius 1 is 0.708 bits per heavy atom. The number of benzene rings is 1. The van der Waals surface area contributed by atoms with E-state index in [2.05, 4.69) is 0 Å². The molecule has 0 aliphatic rings. The fraction of sp³-hybridized carbons (Fsp3) is 0.600. The lowest BCUT2D eigenvalue weighted by Gasteiger charge is -2.25. The second-order valence-corrected chi connectivity index (χ2v) is 9.01. The molecule has 0 radical (unpaired) electrons. The molecule has 0 atom stereocenters. The maximum atomic E-state index is 12.6. The highest BCUT2D eigenvalue weighted by atomic mass is 16.6. The maximum Gasteiger partial charge on any atom is 0.339 e. The number of esters is 2. The number of hydrogen-bond donors (Lipinski definition) is 0. The molecule has 0 heterocycles. The highest BCUT2D eigenvalue weighted by Crippen LogP contribution is 2.27. The zero-order valence-electron chi connectivity index (χ0n) is 16.4. The minimum absolute atomic E-state index is 0.150. The van der Waals surface area contributed by atoms with Gasteiger partial charge in [0.05, 0.1) is 11.1 Å². The predicted octanol–water partition coefficient (Wildman–Crippen LogP) is 4.89. The molecule has 1 aromatic rings. The van der Waals surface area contributed by atoms with Crippen molar-refractivity contribution in [2.75, 3.05) is 0 Å². The van der Waals surface area contributed by atoms with Gasteiger partial charge in [-0.1, -0.05) is 26.8 Å². The Morgan fingerprint density at radius 3 is 1.50 bits per heavy atom. The summed E-state index contributed by atoms with van der Waals surface area (Å²) >= 11 is 0. The van der Waals surface area contributed by atoms with Crippen LogP contribution in [0.2, 0.25) is 0 Å². The Kier molecular flexibility index (Phi) is 5.54. The molecule has 0 fully saturated rings. The molecule has 0 spiro atoms. The average molecular weight is 334 g/mol. The van der Waals surface area contributed by atoms with Crippen molar-refractivity contribution in [1.82, 2.24) is 0 Å². The first-order valence-corrected chi connectivity index (χ1v) is 8.21. The van der Waals surface area contributed by atoms with Crippen molar-refractivity contribution in [2.45, 2.75) is 78.9 Å². The molecule has 0 aliphatic heterocycles. The molecular formula is C20H30O4. The standard InChI is InChI=1S/C20H30O4/c1-18(2,3)13-10-11-14(16(21)23-19(4,5)6)15(12-13)17(22)24-20(7,8)9/h10-12H,1-9H3. The average Bonchev–Trinajstić information content (AvgIpc) is 2.32. The zero-order chi connectivity index (χ0) is 18.9. The predicted molar refractivity (Wildman–Crippen MR) is 95.5 cm³/mol. The normalized spacial score (nSPS) is 12.7. The molecule has 1 rings (SSSR count). The van der Waals surface area contributed by atoms with Crippen LogP contribution in [-0.4, -0.2) is 23.1 Å². The minimum Gasteiger partial charge on any atom is -0.456 e. The van der Waals surface area contributed by atoms with Crippen molar-refractivity contribution in [3.63, 3.8) is 0 Å². The van der Waals surface area contributed by atoms with Gasteiger partial charge in [0.25, 0.3) is 0 Å². The number of hydrogen-bond acceptors (Lipinski definition) is 4. The summed E-state index contributed by atoms with van der Waals surface area (Å²) in [5, 5.41) is 0. The quantitative estimate of drug-likeness (QED) is 0.722. The molecule has 0 saturated heterocycles. The van der Waals surface area contributed by atoms with Gasteiger partial charge in [-0.05, 0) is 64.7 Å². The number of carbonyl (C=O) groups excluding carboxylic acids is 2. The Hall–Kier alpha value is -1.84. The highest BCUT2D eigenvalue weighted by Gasteiger charge is 2.28. The molecule has 0 aliphatic carbocycles. The van der Waals surface area contributed by atoms with E-state index in [0.29, 0.717) is 0 Å². The van der Waals surface area contributed by atoms with Gasteiger partial charge >= 0.3 is 11.9 Å². The van der Waals surface area contributed by atoms with Gasteiger partial charge in [-0.15, -0.1) is 0 Å². The lowest BCUT2D eigenvalue weighted by Crippen LogP contribution is -2.28.